The van der Waals surface area contributed by atoms with Gasteiger partial charge in [0.15, 0.2) is 0 Å². The van der Waals surface area contributed by atoms with Crippen LogP contribution < -0.4 is 5.32 Å². The summed E-state index contributed by atoms with van der Waals surface area (Å²) in [6.07, 6.45) is -0.0187. The molecule has 2 heterocycles. The van der Waals surface area contributed by atoms with Crippen molar-refractivity contribution < 1.29 is 14.7 Å². The van der Waals surface area contributed by atoms with Crippen LogP contribution in [0.5, 0.6) is 0 Å². The summed E-state index contributed by atoms with van der Waals surface area (Å²) in [5.74, 6) is -0.413. The summed E-state index contributed by atoms with van der Waals surface area (Å²) in [5, 5.41) is 13.6. The number of imide groups is 1. The van der Waals surface area contributed by atoms with Gasteiger partial charge in [-0.2, -0.15) is 0 Å². The highest BCUT2D eigenvalue weighted by atomic mass is 127. The molecule has 1 fully saturated rings. The Hall–Kier alpha value is -1.19. The van der Waals surface area contributed by atoms with Gasteiger partial charge < -0.3 is 10.4 Å². The Morgan fingerprint density at radius 1 is 1.38 bits per heavy atom. The zero-order chi connectivity index (χ0) is 15.1. The molecule has 0 radical (unpaired) electrons. The Labute approximate surface area is 136 Å². The molecular weight excluding hydrogens is 385 g/mol. The Balaban J connectivity index is 1.89. The number of nitrogens with zero attached hydrogens (tertiary/aromatic N) is 2. The van der Waals surface area contributed by atoms with Crippen LogP contribution >= 0.6 is 22.9 Å². The number of aliphatic hydroxyl groups is 1. The van der Waals surface area contributed by atoms with Crippen LogP contribution in [0.3, 0.4) is 0 Å². The molecule has 2 aliphatic heterocycles. The van der Waals surface area contributed by atoms with Crippen molar-refractivity contribution in [3.63, 3.8) is 0 Å². The Morgan fingerprint density at radius 3 is 2.86 bits per heavy atom. The predicted molar refractivity (Wildman–Crippen MR) is 85.4 cm³/mol. The van der Waals surface area contributed by atoms with Gasteiger partial charge in [-0.15, -0.1) is 0 Å². The summed E-state index contributed by atoms with van der Waals surface area (Å²) >= 11 is 1.75. The average molecular weight is 401 g/mol. The zero-order valence-corrected chi connectivity index (χ0v) is 13.7. The average Bonchev–Trinajstić information content (AvgIpc) is 2.82. The topological polar surface area (TPSA) is 72.9 Å². The third-order valence-corrected chi connectivity index (χ3v) is 5.16. The molecule has 0 saturated carbocycles. The van der Waals surface area contributed by atoms with Crippen LogP contribution in [0, 0.1) is 0 Å². The van der Waals surface area contributed by atoms with Gasteiger partial charge in [0.05, 0.1) is 28.9 Å². The van der Waals surface area contributed by atoms with Crippen LogP contribution in [0.25, 0.3) is 0 Å². The molecule has 0 aliphatic carbocycles. The lowest BCUT2D eigenvalue weighted by molar-refractivity contribution is -0.148. The summed E-state index contributed by atoms with van der Waals surface area (Å²) in [6, 6.07) is 5.26. The maximum absolute atomic E-state index is 12.3. The lowest BCUT2D eigenvalue weighted by Crippen LogP contribution is -2.50. The van der Waals surface area contributed by atoms with E-state index < -0.39 is 12.3 Å². The number of anilines is 1. The predicted octanol–water partition coefficient (Wildman–Crippen LogP) is 1.40. The molecule has 7 heteroatoms. The summed E-state index contributed by atoms with van der Waals surface area (Å²) in [5.41, 5.74) is 2.79. The highest BCUT2D eigenvalue weighted by Gasteiger charge is 2.42. The fraction of sp³-hybridized carbons (Fsp3) is 0.429. The first-order valence-corrected chi connectivity index (χ1v) is 7.77. The van der Waals surface area contributed by atoms with E-state index in [9.17, 15) is 14.7 Å². The molecule has 0 spiro atoms. The summed E-state index contributed by atoms with van der Waals surface area (Å²) in [4.78, 5) is 25.6. The second-order valence-electron chi connectivity index (χ2n) is 5.24. The molecule has 1 saturated heterocycles. The second kappa shape index (κ2) is 5.54. The first-order chi connectivity index (χ1) is 10.0. The van der Waals surface area contributed by atoms with Crippen molar-refractivity contribution in [1.29, 1.82) is 0 Å². The monoisotopic (exact) mass is 401 g/mol. The van der Waals surface area contributed by atoms with E-state index in [1.165, 1.54) is 0 Å². The summed E-state index contributed by atoms with van der Waals surface area (Å²) < 4.78 is 1.14. The lowest BCUT2D eigenvalue weighted by Gasteiger charge is -2.34. The number of halogens is 1. The van der Waals surface area contributed by atoms with Crippen LogP contribution in [0.4, 0.5) is 5.69 Å². The number of piperidine rings is 1. The van der Waals surface area contributed by atoms with Gasteiger partial charge in [0, 0.05) is 31.3 Å². The van der Waals surface area contributed by atoms with Crippen molar-refractivity contribution in [2.24, 2.45) is 0 Å². The minimum atomic E-state index is -0.805. The van der Waals surface area contributed by atoms with Gasteiger partial charge in [0.25, 0.3) is 5.91 Å². The molecule has 0 aromatic heterocycles. The van der Waals surface area contributed by atoms with E-state index in [1.807, 2.05) is 25.2 Å². The van der Waals surface area contributed by atoms with Crippen LogP contribution in [0.15, 0.2) is 18.2 Å². The van der Waals surface area contributed by atoms with Gasteiger partial charge in [-0.3, -0.25) is 14.5 Å². The molecule has 0 bridgehead atoms. The van der Waals surface area contributed by atoms with Crippen molar-refractivity contribution in [2.75, 3.05) is 12.4 Å². The molecule has 2 aliphatic rings. The summed E-state index contributed by atoms with van der Waals surface area (Å²) in [7, 11) is 1.83. The molecule has 112 valence electrons. The van der Waals surface area contributed by atoms with Gasteiger partial charge in [-0.05, 0) is 18.1 Å². The molecule has 2 unspecified atom stereocenters. The first kappa shape index (κ1) is 14.7. The number of hydrogen-bond donors (Lipinski definition) is 2. The van der Waals surface area contributed by atoms with Gasteiger partial charge >= 0.3 is 0 Å². The zero-order valence-electron chi connectivity index (χ0n) is 11.5. The summed E-state index contributed by atoms with van der Waals surface area (Å²) in [6.45, 7) is 0.503. The normalized spacial score (nSPS) is 26.1. The molecule has 2 N–H and O–H groups in total. The number of nitrogens with one attached hydrogen (secondary N) is 1. The number of rotatable bonds is 2. The molecule has 2 atom stereocenters. The van der Waals surface area contributed by atoms with Crippen molar-refractivity contribution >= 4 is 40.4 Å². The molecular formula is C14H16IN3O3. The fourth-order valence-corrected chi connectivity index (χ4v) is 3.59. The Kier molecular flexibility index (Phi) is 3.89. The van der Waals surface area contributed by atoms with Crippen LogP contribution in [0.2, 0.25) is 0 Å². The third-order valence-electron chi connectivity index (χ3n) is 4.14. The van der Waals surface area contributed by atoms with E-state index in [4.69, 9.17) is 0 Å². The Morgan fingerprint density at radius 2 is 2.14 bits per heavy atom. The minimum absolute atomic E-state index is 0.168. The number of amides is 2. The highest BCUT2D eigenvalue weighted by molar-refractivity contribution is 14.1. The van der Waals surface area contributed by atoms with Crippen LogP contribution in [-0.4, -0.2) is 38.0 Å². The largest absolute Gasteiger partial charge is 0.388 e. The second-order valence-corrected chi connectivity index (χ2v) is 6.20. The van der Waals surface area contributed by atoms with Crippen molar-refractivity contribution in [1.82, 2.24) is 8.01 Å². The lowest BCUT2D eigenvalue weighted by atomic mass is 10.0. The first-order valence-electron chi connectivity index (χ1n) is 6.80. The van der Waals surface area contributed by atoms with Crippen LogP contribution in [0.1, 0.15) is 30.2 Å². The fourth-order valence-electron chi connectivity index (χ4n) is 3.03. The third kappa shape index (κ3) is 2.33. The number of carbonyl (C=O) groups is 2. The van der Waals surface area contributed by atoms with E-state index in [0.29, 0.717) is 19.4 Å². The standard InChI is InChI=1S/C14H16IN3O3/c1-16-10-4-2-3-8-9(10)7-17(13(8)20)11-5-6-12(19)18(15)14(11)21/h2-4,11,13,16,20H,5-7H2,1H3. The maximum atomic E-state index is 12.3. The maximum Gasteiger partial charge on any atom is 0.255 e. The molecule has 1 aromatic rings. The van der Waals surface area contributed by atoms with Gasteiger partial charge in [-0.1, -0.05) is 12.1 Å². The smallest absolute Gasteiger partial charge is 0.255 e. The van der Waals surface area contributed by atoms with Gasteiger partial charge in [0.2, 0.25) is 5.91 Å². The number of carbonyl (C=O) groups excluding carboxylic acids is 2. The molecule has 6 nitrogen and oxygen atoms in total. The highest BCUT2D eigenvalue weighted by Crippen LogP contribution is 2.39. The number of hydrogen-bond acceptors (Lipinski definition) is 5. The number of benzene rings is 1. The molecule has 2 amide bonds. The molecule has 21 heavy (non-hydrogen) atoms. The Bertz CT molecular complexity index is 607. The van der Waals surface area contributed by atoms with Crippen LogP contribution in [-0.2, 0) is 16.1 Å². The van der Waals surface area contributed by atoms with E-state index >= 15 is 0 Å². The van der Waals surface area contributed by atoms with Gasteiger partial charge in [-0.25, -0.2) is 3.11 Å². The van der Waals surface area contributed by atoms with Gasteiger partial charge in [0.1, 0.15) is 6.23 Å². The van der Waals surface area contributed by atoms with Crippen molar-refractivity contribution in [2.45, 2.75) is 31.7 Å². The van der Waals surface area contributed by atoms with Crippen molar-refractivity contribution in [3.8, 4) is 0 Å². The molecule has 3 rings (SSSR count). The number of fused-ring (bicyclic) bond motifs is 1. The quantitative estimate of drug-likeness (QED) is 0.446. The van der Waals surface area contributed by atoms with E-state index in [2.05, 4.69) is 5.32 Å². The SMILES string of the molecule is CNc1cccc2c1CN(C1CCC(=O)N(I)C1=O)C2O. The minimum Gasteiger partial charge on any atom is -0.388 e. The van der Waals surface area contributed by atoms with E-state index in [-0.39, 0.29) is 11.8 Å². The molecule has 1 aromatic carbocycles. The van der Waals surface area contributed by atoms with E-state index in [1.54, 1.807) is 27.8 Å². The van der Waals surface area contributed by atoms with Crippen molar-refractivity contribution in [3.05, 3.63) is 29.3 Å². The van der Waals surface area contributed by atoms with E-state index in [0.717, 1.165) is 19.9 Å². The number of aliphatic hydroxyl groups excluding tert-OH is 1.